The number of hydrogen-bond donors (Lipinski definition) is 3. The van der Waals surface area contributed by atoms with E-state index in [0.717, 1.165) is 10.0 Å². The van der Waals surface area contributed by atoms with Gasteiger partial charge in [-0.1, -0.05) is 22.0 Å². The zero-order valence-corrected chi connectivity index (χ0v) is 9.15. The summed E-state index contributed by atoms with van der Waals surface area (Å²) in [5.41, 5.74) is 8.84. The monoisotopic (exact) mass is 258 g/mol. The van der Waals surface area contributed by atoms with Gasteiger partial charge < -0.3 is 5.73 Å². The fourth-order valence-electron chi connectivity index (χ4n) is 0.787. The lowest BCUT2D eigenvalue weighted by atomic mass is 10.2. The minimum atomic E-state index is 0.214. The molecular formula is C8H9BrN3S+. The van der Waals surface area contributed by atoms with Gasteiger partial charge in [0.2, 0.25) is 5.11 Å². The number of thiocarbonyl (C=S) groups is 1. The second-order valence-corrected chi connectivity index (χ2v) is 3.69. The summed E-state index contributed by atoms with van der Waals surface area (Å²) in [5.74, 6) is 0. The Hall–Kier alpha value is -0.940. The fraction of sp³-hybridized carbons (Fsp3) is 0. The van der Waals surface area contributed by atoms with Gasteiger partial charge in [-0.05, 0) is 30.4 Å². The third kappa shape index (κ3) is 4.00. The number of halogens is 1. The normalized spacial score (nSPS) is 10.2. The van der Waals surface area contributed by atoms with Gasteiger partial charge in [-0.15, -0.1) is 10.5 Å². The molecule has 0 heterocycles. The van der Waals surface area contributed by atoms with Gasteiger partial charge in [0.1, 0.15) is 0 Å². The van der Waals surface area contributed by atoms with Crippen molar-refractivity contribution in [2.24, 2.45) is 5.73 Å². The molecule has 3 nitrogen and oxygen atoms in total. The predicted molar refractivity (Wildman–Crippen MR) is 60.2 cm³/mol. The van der Waals surface area contributed by atoms with Crippen molar-refractivity contribution in [1.82, 2.24) is 5.43 Å². The molecule has 0 aromatic heterocycles. The summed E-state index contributed by atoms with van der Waals surface area (Å²) in [7, 11) is 0. The lowest BCUT2D eigenvalue weighted by Crippen LogP contribution is -2.82. The van der Waals surface area contributed by atoms with Crippen LogP contribution in [0, 0.1) is 0 Å². The highest BCUT2D eigenvalue weighted by Crippen LogP contribution is 2.09. The maximum absolute atomic E-state index is 5.22. The van der Waals surface area contributed by atoms with Crippen LogP contribution in [0.5, 0.6) is 0 Å². The summed E-state index contributed by atoms with van der Waals surface area (Å²) >= 11 is 7.98. The predicted octanol–water partition coefficient (Wildman–Crippen LogP) is -0.303. The number of hydrogen-bond acceptors (Lipinski definition) is 1. The molecule has 0 saturated heterocycles. The molecule has 13 heavy (non-hydrogen) atoms. The van der Waals surface area contributed by atoms with Gasteiger partial charge in [0.25, 0.3) is 0 Å². The molecule has 0 aliphatic rings. The maximum Gasteiger partial charge on any atom is 0.221 e. The maximum atomic E-state index is 5.22. The van der Waals surface area contributed by atoms with Crippen LogP contribution in [-0.4, -0.2) is 11.3 Å². The van der Waals surface area contributed by atoms with Gasteiger partial charge >= 0.3 is 0 Å². The van der Waals surface area contributed by atoms with Crippen LogP contribution in [0.4, 0.5) is 0 Å². The number of nitrogens with one attached hydrogen (secondary N) is 2. The Morgan fingerprint density at radius 1 is 1.62 bits per heavy atom. The lowest BCUT2D eigenvalue weighted by Gasteiger charge is -1.90. The van der Waals surface area contributed by atoms with Gasteiger partial charge in [0, 0.05) is 10.0 Å². The molecule has 68 valence electrons. The van der Waals surface area contributed by atoms with Crippen LogP contribution in [0.2, 0.25) is 0 Å². The average molecular weight is 259 g/mol. The molecule has 5 heteroatoms. The molecule has 0 fully saturated rings. The first-order valence-corrected chi connectivity index (χ1v) is 4.78. The topological polar surface area (TPSA) is 52.0 Å². The van der Waals surface area contributed by atoms with Crippen molar-refractivity contribution in [3.05, 3.63) is 34.3 Å². The van der Waals surface area contributed by atoms with Crippen molar-refractivity contribution in [2.75, 3.05) is 0 Å². The Balaban J connectivity index is 2.63. The number of hydrazone groups is 1. The van der Waals surface area contributed by atoms with Gasteiger partial charge in [-0.2, -0.15) is 0 Å². The zero-order chi connectivity index (χ0) is 9.68. The van der Waals surface area contributed by atoms with E-state index in [0.29, 0.717) is 0 Å². The molecule has 0 radical (unpaired) electrons. The second kappa shape index (κ2) is 4.94. The van der Waals surface area contributed by atoms with E-state index in [2.05, 4.69) is 38.7 Å². The molecule has 0 aliphatic carbocycles. The summed E-state index contributed by atoms with van der Waals surface area (Å²) in [5, 5.41) is 2.98. The van der Waals surface area contributed by atoms with Crippen molar-refractivity contribution in [2.45, 2.75) is 0 Å². The van der Waals surface area contributed by atoms with Crippen molar-refractivity contribution in [3.8, 4) is 0 Å². The molecule has 0 bridgehead atoms. The van der Waals surface area contributed by atoms with E-state index >= 15 is 0 Å². The van der Waals surface area contributed by atoms with E-state index < -0.39 is 0 Å². The highest BCUT2D eigenvalue weighted by atomic mass is 79.9. The minimum absolute atomic E-state index is 0.214. The van der Waals surface area contributed by atoms with Crippen LogP contribution < -0.4 is 16.3 Å². The summed E-state index contributed by atoms with van der Waals surface area (Å²) in [6.45, 7) is 0. The van der Waals surface area contributed by atoms with E-state index in [9.17, 15) is 0 Å². The molecule has 1 aromatic rings. The van der Waals surface area contributed by atoms with Crippen LogP contribution in [0.3, 0.4) is 0 Å². The SMILES string of the molecule is NC(=S)N[NH+]=Cc1cccc(Br)c1. The first-order valence-electron chi connectivity index (χ1n) is 3.58. The van der Waals surface area contributed by atoms with Crippen LogP contribution in [0.15, 0.2) is 28.7 Å². The van der Waals surface area contributed by atoms with Crippen molar-refractivity contribution in [1.29, 1.82) is 0 Å². The number of benzene rings is 1. The largest absolute Gasteiger partial charge is 0.372 e. The molecule has 0 saturated carbocycles. The van der Waals surface area contributed by atoms with Crippen LogP contribution in [0.25, 0.3) is 0 Å². The zero-order valence-electron chi connectivity index (χ0n) is 6.75. The summed E-state index contributed by atoms with van der Waals surface area (Å²) in [6, 6.07) is 7.82. The Bertz CT molecular complexity index is 338. The van der Waals surface area contributed by atoms with E-state index in [1.54, 1.807) is 6.21 Å². The standard InChI is InChI=1S/C8H8BrN3S/c9-7-3-1-2-6(4-7)5-11-12-8(10)13/h1-5H,(H3,10,12,13)/p+1. The van der Waals surface area contributed by atoms with E-state index in [4.69, 9.17) is 5.73 Å². The fourth-order valence-corrected chi connectivity index (χ4v) is 1.26. The molecule has 0 amide bonds. The third-order valence-corrected chi connectivity index (χ3v) is 1.88. The van der Waals surface area contributed by atoms with Crippen LogP contribution in [-0.2, 0) is 0 Å². The van der Waals surface area contributed by atoms with Gasteiger partial charge in [-0.25, -0.2) is 0 Å². The van der Waals surface area contributed by atoms with Crippen molar-refractivity contribution < 1.29 is 5.10 Å². The molecule has 4 N–H and O–H groups in total. The first kappa shape index (κ1) is 10.1. The van der Waals surface area contributed by atoms with Gasteiger partial charge in [-0.3, -0.25) is 0 Å². The Morgan fingerprint density at radius 2 is 2.38 bits per heavy atom. The van der Waals surface area contributed by atoms with Crippen molar-refractivity contribution in [3.63, 3.8) is 0 Å². The molecule has 0 aliphatic heterocycles. The minimum Gasteiger partial charge on any atom is -0.372 e. The van der Waals surface area contributed by atoms with Crippen LogP contribution in [0.1, 0.15) is 5.56 Å². The van der Waals surface area contributed by atoms with E-state index in [1.165, 1.54) is 0 Å². The highest BCUT2D eigenvalue weighted by molar-refractivity contribution is 9.10. The second-order valence-electron chi connectivity index (χ2n) is 2.33. The molecule has 0 atom stereocenters. The summed E-state index contributed by atoms with van der Waals surface area (Å²) in [4.78, 5) is 0. The van der Waals surface area contributed by atoms with Crippen LogP contribution >= 0.6 is 28.1 Å². The highest BCUT2D eigenvalue weighted by Gasteiger charge is 1.92. The van der Waals surface area contributed by atoms with Gasteiger partial charge in [0.15, 0.2) is 6.21 Å². The van der Waals surface area contributed by atoms with E-state index in [1.807, 2.05) is 24.3 Å². The molecular weight excluding hydrogens is 250 g/mol. The summed E-state index contributed by atoms with van der Waals surface area (Å²) < 4.78 is 1.03. The molecule has 0 spiro atoms. The Morgan fingerprint density at radius 3 is 3.00 bits per heavy atom. The average Bonchev–Trinajstić information content (AvgIpc) is 2.03. The number of hydrazine groups is 1. The smallest absolute Gasteiger partial charge is 0.221 e. The lowest BCUT2D eigenvalue weighted by molar-refractivity contribution is -0.499. The molecule has 1 aromatic carbocycles. The first-order chi connectivity index (χ1) is 6.18. The number of nitrogens with two attached hydrogens (primary N) is 1. The Kier molecular flexibility index (Phi) is 3.85. The summed E-state index contributed by atoms with van der Waals surface area (Å²) in [6.07, 6.45) is 1.77. The quantitative estimate of drug-likeness (QED) is 0.388. The third-order valence-electron chi connectivity index (χ3n) is 1.28. The molecule has 1 rings (SSSR count). The number of rotatable bonds is 2. The van der Waals surface area contributed by atoms with Gasteiger partial charge in [0.05, 0.1) is 0 Å². The van der Waals surface area contributed by atoms with E-state index in [-0.39, 0.29) is 5.11 Å². The Labute approximate surface area is 90.1 Å². The van der Waals surface area contributed by atoms with Crippen molar-refractivity contribution >= 4 is 39.5 Å². The molecule has 0 unspecified atom stereocenters.